The lowest BCUT2D eigenvalue weighted by Crippen LogP contribution is -2.16. The van der Waals surface area contributed by atoms with E-state index in [-0.39, 0.29) is 27.1 Å². The van der Waals surface area contributed by atoms with E-state index in [0.717, 1.165) is 12.1 Å². The van der Waals surface area contributed by atoms with Crippen LogP contribution < -0.4 is 0 Å². The number of aromatic nitrogens is 1. The first-order valence-corrected chi connectivity index (χ1v) is 9.72. The van der Waals surface area contributed by atoms with Crippen LogP contribution in [0.2, 0.25) is 5.15 Å². The second-order valence-electron chi connectivity index (χ2n) is 4.62. The third kappa shape index (κ3) is 3.96. The van der Waals surface area contributed by atoms with Gasteiger partial charge in [-0.2, -0.15) is 13.2 Å². The maximum atomic E-state index is 12.5. The molecule has 0 radical (unpaired) electrons. The van der Waals surface area contributed by atoms with Gasteiger partial charge in [0.1, 0.15) is 5.15 Å². The molecular weight excluding hydrogens is 387 g/mol. The Morgan fingerprint density at radius 2 is 1.71 bits per heavy atom. The smallest absolute Gasteiger partial charge is 0.245 e. The number of alkyl halides is 3. The zero-order chi connectivity index (χ0) is 18.1. The summed E-state index contributed by atoms with van der Waals surface area (Å²) in [6.45, 7) is 1.46. The highest BCUT2D eigenvalue weighted by Crippen LogP contribution is 2.31. The van der Waals surface area contributed by atoms with Crippen LogP contribution in [0.3, 0.4) is 0 Å². The molecular formula is C14H11ClF3NO3S2. The van der Waals surface area contributed by atoms with Crippen molar-refractivity contribution >= 4 is 32.2 Å². The number of halogens is 4. The highest BCUT2D eigenvalue weighted by Gasteiger charge is 2.37. The third-order valence-electron chi connectivity index (χ3n) is 3.09. The molecule has 4 nitrogen and oxygen atoms in total. The van der Waals surface area contributed by atoms with Crippen molar-refractivity contribution in [3.63, 3.8) is 0 Å². The van der Waals surface area contributed by atoms with Crippen LogP contribution >= 0.6 is 11.6 Å². The quantitative estimate of drug-likeness (QED) is 0.736. The number of pyridine rings is 1. The Hall–Kier alpha value is -1.45. The summed E-state index contributed by atoms with van der Waals surface area (Å²) in [5.74, 6) is -0.167. The van der Waals surface area contributed by atoms with Crippen LogP contribution in [-0.2, 0) is 20.6 Å². The average molecular weight is 398 g/mol. The van der Waals surface area contributed by atoms with Gasteiger partial charge in [0.2, 0.25) is 0 Å². The summed E-state index contributed by atoms with van der Waals surface area (Å²) < 4.78 is 73.0. The Balaban J connectivity index is 2.54. The maximum Gasteiger partial charge on any atom is 0.475 e. The predicted octanol–water partition coefficient (Wildman–Crippen LogP) is 3.82. The van der Waals surface area contributed by atoms with Gasteiger partial charge >= 0.3 is 5.51 Å². The van der Waals surface area contributed by atoms with Gasteiger partial charge in [0, 0.05) is 10.5 Å². The van der Waals surface area contributed by atoms with Crippen LogP contribution in [0.4, 0.5) is 13.2 Å². The van der Waals surface area contributed by atoms with Gasteiger partial charge in [-0.1, -0.05) is 30.7 Å². The van der Waals surface area contributed by atoms with Gasteiger partial charge < -0.3 is 0 Å². The number of hydrogen-bond donors (Lipinski definition) is 0. The van der Waals surface area contributed by atoms with Gasteiger partial charge in [-0.3, -0.25) is 0 Å². The van der Waals surface area contributed by atoms with Crippen molar-refractivity contribution in [2.45, 2.75) is 22.2 Å². The number of sulfone groups is 1. The molecule has 2 rings (SSSR count). The largest absolute Gasteiger partial charge is 0.475 e. The molecule has 0 aliphatic rings. The molecule has 0 amide bonds. The molecule has 24 heavy (non-hydrogen) atoms. The maximum absolute atomic E-state index is 12.5. The van der Waals surface area contributed by atoms with Gasteiger partial charge in [0.05, 0.1) is 16.3 Å². The fourth-order valence-corrected chi connectivity index (χ4v) is 3.75. The molecule has 0 saturated heterocycles. The number of hydrogen-bond acceptors (Lipinski definition) is 4. The SMILES string of the molecule is CCS(=O)(=O)c1ccc(Cl)nc1-c1ccc(S(=O)C(F)(F)F)cc1. The monoisotopic (exact) mass is 397 g/mol. The molecule has 1 aromatic heterocycles. The summed E-state index contributed by atoms with van der Waals surface area (Å²) in [6, 6.07) is 7.11. The molecule has 1 atom stereocenters. The van der Waals surface area contributed by atoms with Crippen LogP contribution in [0.15, 0.2) is 46.2 Å². The van der Waals surface area contributed by atoms with E-state index in [1.807, 2.05) is 0 Å². The molecule has 0 saturated carbocycles. The topological polar surface area (TPSA) is 64.1 Å². The Morgan fingerprint density at radius 1 is 1.12 bits per heavy atom. The van der Waals surface area contributed by atoms with Crippen molar-refractivity contribution in [1.29, 1.82) is 0 Å². The van der Waals surface area contributed by atoms with Crippen LogP contribution in [0.1, 0.15) is 6.92 Å². The van der Waals surface area contributed by atoms with E-state index in [1.54, 1.807) is 0 Å². The van der Waals surface area contributed by atoms with Crippen molar-refractivity contribution in [1.82, 2.24) is 4.98 Å². The zero-order valence-corrected chi connectivity index (χ0v) is 14.6. The lowest BCUT2D eigenvalue weighted by molar-refractivity contribution is -0.0384. The van der Waals surface area contributed by atoms with E-state index >= 15 is 0 Å². The van der Waals surface area contributed by atoms with Crippen molar-refractivity contribution in [2.75, 3.05) is 5.75 Å². The van der Waals surface area contributed by atoms with Crippen LogP contribution in [0.25, 0.3) is 11.3 Å². The highest BCUT2D eigenvalue weighted by molar-refractivity contribution is 7.91. The lowest BCUT2D eigenvalue weighted by atomic mass is 10.1. The summed E-state index contributed by atoms with van der Waals surface area (Å²) in [5.41, 5.74) is -4.58. The molecule has 0 aliphatic heterocycles. The highest BCUT2D eigenvalue weighted by atomic mass is 35.5. The second kappa shape index (κ2) is 6.81. The summed E-state index contributed by atoms with van der Waals surface area (Å²) in [5, 5.41) is 0.0444. The minimum absolute atomic E-state index is 0.0358. The van der Waals surface area contributed by atoms with E-state index < -0.39 is 31.0 Å². The summed E-state index contributed by atoms with van der Waals surface area (Å²) in [4.78, 5) is 3.46. The van der Waals surface area contributed by atoms with Crippen molar-refractivity contribution < 1.29 is 25.8 Å². The zero-order valence-electron chi connectivity index (χ0n) is 12.2. The van der Waals surface area contributed by atoms with Gasteiger partial charge in [0.15, 0.2) is 20.6 Å². The first-order chi connectivity index (χ1) is 11.1. The van der Waals surface area contributed by atoms with Crippen molar-refractivity contribution in [3.8, 4) is 11.3 Å². The first kappa shape index (κ1) is 18.9. The predicted molar refractivity (Wildman–Crippen MR) is 84.9 cm³/mol. The molecule has 0 aliphatic carbocycles. The van der Waals surface area contributed by atoms with Crippen LogP contribution in [-0.4, -0.2) is 28.9 Å². The number of benzene rings is 1. The minimum atomic E-state index is -4.87. The number of nitrogens with zero attached hydrogens (tertiary/aromatic N) is 1. The molecule has 0 bridgehead atoms. The Labute approximate surface area is 144 Å². The fraction of sp³-hybridized carbons (Fsp3) is 0.214. The molecule has 0 spiro atoms. The molecule has 10 heteroatoms. The van der Waals surface area contributed by atoms with E-state index in [9.17, 15) is 25.8 Å². The molecule has 0 fully saturated rings. The molecule has 0 N–H and O–H groups in total. The lowest BCUT2D eigenvalue weighted by Gasteiger charge is -2.10. The van der Waals surface area contributed by atoms with E-state index in [1.165, 1.54) is 31.2 Å². The first-order valence-electron chi connectivity index (χ1n) is 6.54. The van der Waals surface area contributed by atoms with Crippen molar-refractivity contribution in [2.24, 2.45) is 0 Å². The Bertz CT molecular complexity index is 881. The molecule has 1 aromatic carbocycles. The van der Waals surface area contributed by atoms with Gasteiger partial charge in [-0.05, 0) is 24.3 Å². The molecule has 130 valence electrons. The van der Waals surface area contributed by atoms with Crippen LogP contribution in [0.5, 0.6) is 0 Å². The minimum Gasteiger partial charge on any atom is -0.245 e. The second-order valence-corrected chi connectivity index (χ2v) is 8.73. The Morgan fingerprint density at radius 3 is 2.21 bits per heavy atom. The summed E-state index contributed by atoms with van der Waals surface area (Å²) in [6.07, 6.45) is 0. The van der Waals surface area contributed by atoms with Crippen molar-refractivity contribution in [3.05, 3.63) is 41.6 Å². The standard InChI is InChI=1S/C14H11ClF3NO3S2/c1-2-24(21,22)11-7-8-12(15)19-13(11)9-3-5-10(6-4-9)23(20)14(16,17)18/h3-8H,2H2,1H3. The van der Waals surface area contributed by atoms with E-state index in [0.29, 0.717) is 0 Å². The third-order valence-corrected chi connectivity index (χ3v) is 6.18. The van der Waals surface area contributed by atoms with Gasteiger partial charge in [-0.25, -0.2) is 17.6 Å². The average Bonchev–Trinajstić information content (AvgIpc) is 2.53. The van der Waals surface area contributed by atoms with Crippen LogP contribution in [0, 0.1) is 0 Å². The summed E-state index contributed by atoms with van der Waals surface area (Å²) in [7, 11) is -6.76. The molecule has 2 aromatic rings. The van der Waals surface area contributed by atoms with E-state index in [4.69, 9.17) is 11.6 Å². The normalized spacial score (nSPS) is 13.7. The molecule has 1 unspecified atom stereocenters. The number of rotatable bonds is 4. The Kier molecular flexibility index (Phi) is 5.36. The molecule has 1 heterocycles. The van der Waals surface area contributed by atoms with E-state index in [2.05, 4.69) is 4.98 Å². The fourth-order valence-electron chi connectivity index (χ4n) is 1.91. The van der Waals surface area contributed by atoms with Gasteiger partial charge in [0.25, 0.3) is 0 Å². The summed E-state index contributed by atoms with van der Waals surface area (Å²) >= 11 is 5.80. The van der Waals surface area contributed by atoms with Gasteiger partial charge in [-0.15, -0.1) is 0 Å².